The third kappa shape index (κ3) is 3.45. The van der Waals surface area contributed by atoms with Crippen LogP contribution >= 0.6 is 0 Å². The molecule has 2 heterocycles. The average Bonchev–Trinajstić information content (AvgIpc) is 3.04. The molecule has 1 N–H and O–H groups in total. The molecule has 1 aliphatic rings. The van der Waals surface area contributed by atoms with E-state index >= 15 is 0 Å². The molecule has 1 aromatic heterocycles. The van der Waals surface area contributed by atoms with Crippen molar-refractivity contribution in [2.45, 2.75) is 52.6 Å². The Bertz CT molecular complexity index is 734. The molecule has 1 aliphatic heterocycles. The van der Waals surface area contributed by atoms with E-state index in [1.54, 1.807) is 4.68 Å². The summed E-state index contributed by atoms with van der Waals surface area (Å²) in [7, 11) is 0. The summed E-state index contributed by atoms with van der Waals surface area (Å²) in [6, 6.07) is 8.04. The van der Waals surface area contributed by atoms with Gasteiger partial charge in [0.25, 0.3) is 5.91 Å². The van der Waals surface area contributed by atoms with Crippen molar-refractivity contribution in [2.24, 2.45) is 0 Å². The van der Waals surface area contributed by atoms with E-state index in [2.05, 4.69) is 30.3 Å². The van der Waals surface area contributed by atoms with Crippen molar-refractivity contribution >= 4 is 5.91 Å². The highest BCUT2D eigenvalue weighted by Gasteiger charge is 2.16. The van der Waals surface area contributed by atoms with Gasteiger partial charge in [0.2, 0.25) is 0 Å². The van der Waals surface area contributed by atoms with Gasteiger partial charge in [-0.15, -0.1) is 0 Å². The second-order valence-electron chi connectivity index (χ2n) is 6.50. The third-order valence-electron chi connectivity index (χ3n) is 4.35. The molecule has 24 heavy (non-hydrogen) atoms. The second-order valence-corrected chi connectivity index (χ2v) is 6.50. The standard InChI is InChI=1S/C19H25N3O2/c1-4-22-17(11-16(21-22)13(2)3)19(23)20-12-14-7-8-18-15(10-14)6-5-9-24-18/h7-8,10-11,13H,4-6,9,12H2,1-3H3,(H,20,23). The number of hydrogen-bond donors (Lipinski definition) is 1. The van der Waals surface area contributed by atoms with E-state index < -0.39 is 0 Å². The zero-order valence-electron chi connectivity index (χ0n) is 14.6. The molecule has 0 spiro atoms. The van der Waals surface area contributed by atoms with E-state index in [4.69, 9.17) is 4.74 Å². The van der Waals surface area contributed by atoms with E-state index in [1.807, 2.05) is 25.1 Å². The molecule has 0 bridgehead atoms. The highest BCUT2D eigenvalue weighted by atomic mass is 16.5. The van der Waals surface area contributed by atoms with Crippen molar-refractivity contribution in [2.75, 3.05) is 6.61 Å². The lowest BCUT2D eigenvalue weighted by atomic mass is 10.0. The molecular weight excluding hydrogens is 302 g/mol. The summed E-state index contributed by atoms with van der Waals surface area (Å²) >= 11 is 0. The van der Waals surface area contributed by atoms with Gasteiger partial charge in [0.1, 0.15) is 11.4 Å². The van der Waals surface area contributed by atoms with Gasteiger partial charge in [-0.05, 0) is 48.9 Å². The first-order valence-corrected chi connectivity index (χ1v) is 8.69. The van der Waals surface area contributed by atoms with E-state index in [9.17, 15) is 4.79 Å². The van der Waals surface area contributed by atoms with Gasteiger partial charge in [0, 0.05) is 13.1 Å². The lowest BCUT2D eigenvalue weighted by Crippen LogP contribution is -2.25. The fourth-order valence-electron chi connectivity index (χ4n) is 2.94. The minimum atomic E-state index is -0.0785. The van der Waals surface area contributed by atoms with Crippen LogP contribution in [0.4, 0.5) is 0 Å². The lowest BCUT2D eigenvalue weighted by molar-refractivity contribution is 0.0940. The molecule has 1 aromatic carbocycles. The van der Waals surface area contributed by atoms with Gasteiger partial charge in [0.15, 0.2) is 0 Å². The highest BCUT2D eigenvalue weighted by Crippen LogP contribution is 2.25. The molecule has 0 unspecified atom stereocenters. The zero-order valence-corrected chi connectivity index (χ0v) is 14.6. The van der Waals surface area contributed by atoms with Crippen molar-refractivity contribution in [1.82, 2.24) is 15.1 Å². The highest BCUT2D eigenvalue weighted by molar-refractivity contribution is 5.92. The molecule has 128 valence electrons. The van der Waals surface area contributed by atoms with Gasteiger partial charge in [-0.3, -0.25) is 9.48 Å². The van der Waals surface area contributed by atoms with E-state index in [0.717, 1.165) is 36.5 Å². The van der Waals surface area contributed by atoms with Crippen LogP contribution in [0.15, 0.2) is 24.3 Å². The maximum absolute atomic E-state index is 12.5. The van der Waals surface area contributed by atoms with Crippen LogP contribution in [-0.4, -0.2) is 22.3 Å². The number of hydrogen-bond acceptors (Lipinski definition) is 3. The van der Waals surface area contributed by atoms with Crippen molar-refractivity contribution in [3.05, 3.63) is 46.8 Å². The molecular formula is C19H25N3O2. The van der Waals surface area contributed by atoms with Crippen molar-refractivity contribution in [3.63, 3.8) is 0 Å². The predicted molar refractivity (Wildman–Crippen MR) is 93.4 cm³/mol. The van der Waals surface area contributed by atoms with Gasteiger partial charge in [0.05, 0.1) is 12.3 Å². The lowest BCUT2D eigenvalue weighted by Gasteiger charge is -2.18. The Hall–Kier alpha value is -2.30. The number of amides is 1. The Labute approximate surface area is 143 Å². The van der Waals surface area contributed by atoms with E-state index in [0.29, 0.717) is 24.7 Å². The number of carbonyl (C=O) groups is 1. The molecule has 1 amide bonds. The molecule has 5 nitrogen and oxygen atoms in total. The number of benzene rings is 1. The minimum Gasteiger partial charge on any atom is -0.493 e. The summed E-state index contributed by atoms with van der Waals surface area (Å²) in [5.41, 5.74) is 3.91. The van der Waals surface area contributed by atoms with Crippen LogP contribution in [0.2, 0.25) is 0 Å². The van der Waals surface area contributed by atoms with Crippen LogP contribution in [0.3, 0.4) is 0 Å². The van der Waals surface area contributed by atoms with Crippen molar-refractivity contribution in [1.29, 1.82) is 0 Å². The van der Waals surface area contributed by atoms with Crippen LogP contribution in [-0.2, 0) is 19.5 Å². The number of carbonyl (C=O) groups excluding carboxylic acids is 1. The van der Waals surface area contributed by atoms with Gasteiger partial charge in [-0.1, -0.05) is 26.0 Å². The average molecular weight is 327 g/mol. The maximum Gasteiger partial charge on any atom is 0.269 e. The quantitative estimate of drug-likeness (QED) is 0.917. The summed E-state index contributed by atoms with van der Waals surface area (Å²) in [4.78, 5) is 12.5. The number of ether oxygens (including phenoxy) is 1. The molecule has 0 fully saturated rings. The van der Waals surface area contributed by atoms with Gasteiger partial charge in [-0.2, -0.15) is 5.10 Å². The van der Waals surface area contributed by atoms with Crippen LogP contribution in [0, 0.1) is 0 Å². The van der Waals surface area contributed by atoms with Gasteiger partial charge < -0.3 is 10.1 Å². The van der Waals surface area contributed by atoms with Crippen molar-refractivity contribution in [3.8, 4) is 5.75 Å². The summed E-state index contributed by atoms with van der Waals surface area (Å²) in [5.74, 6) is 1.21. The molecule has 0 saturated carbocycles. The molecule has 3 rings (SSSR count). The van der Waals surface area contributed by atoms with Crippen LogP contribution in [0.5, 0.6) is 5.75 Å². The molecule has 5 heteroatoms. The Morgan fingerprint density at radius 2 is 2.21 bits per heavy atom. The molecule has 2 aromatic rings. The first kappa shape index (κ1) is 16.6. The Kier molecular flexibility index (Phi) is 4.88. The van der Waals surface area contributed by atoms with Crippen LogP contribution in [0.25, 0.3) is 0 Å². The monoisotopic (exact) mass is 327 g/mol. The molecule has 0 radical (unpaired) electrons. The first-order valence-electron chi connectivity index (χ1n) is 8.69. The summed E-state index contributed by atoms with van der Waals surface area (Å²) in [6.45, 7) is 8.15. The zero-order chi connectivity index (χ0) is 17.1. The summed E-state index contributed by atoms with van der Waals surface area (Å²) in [5, 5.41) is 7.51. The number of rotatable bonds is 5. The smallest absolute Gasteiger partial charge is 0.269 e. The topological polar surface area (TPSA) is 56.2 Å². The van der Waals surface area contributed by atoms with E-state index in [-0.39, 0.29) is 5.91 Å². The SMILES string of the molecule is CCn1nc(C(C)C)cc1C(=O)NCc1ccc2c(c1)CCCO2. The largest absolute Gasteiger partial charge is 0.493 e. The van der Waals surface area contributed by atoms with Crippen LogP contribution < -0.4 is 10.1 Å². The first-order chi connectivity index (χ1) is 11.6. The van der Waals surface area contributed by atoms with Crippen LogP contribution in [0.1, 0.15) is 60.4 Å². The van der Waals surface area contributed by atoms with Gasteiger partial charge >= 0.3 is 0 Å². The molecule has 0 aliphatic carbocycles. The number of aromatic nitrogens is 2. The third-order valence-corrected chi connectivity index (χ3v) is 4.35. The van der Waals surface area contributed by atoms with Crippen molar-refractivity contribution < 1.29 is 9.53 Å². The Morgan fingerprint density at radius 3 is 2.96 bits per heavy atom. The summed E-state index contributed by atoms with van der Waals surface area (Å²) in [6.07, 6.45) is 2.09. The molecule has 0 atom stereocenters. The predicted octanol–water partition coefficient (Wildman–Crippen LogP) is 3.28. The normalized spacial score (nSPS) is 13.5. The van der Waals surface area contributed by atoms with E-state index in [1.165, 1.54) is 5.56 Å². The fourth-order valence-corrected chi connectivity index (χ4v) is 2.94. The number of nitrogens with one attached hydrogen (secondary N) is 1. The fraction of sp³-hybridized carbons (Fsp3) is 0.474. The number of fused-ring (bicyclic) bond motifs is 1. The minimum absolute atomic E-state index is 0.0785. The number of nitrogens with zero attached hydrogens (tertiary/aromatic N) is 2. The Balaban J connectivity index is 1.69. The second kappa shape index (κ2) is 7.07. The summed E-state index contributed by atoms with van der Waals surface area (Å²) < 4.78 is 7.40. The Morgan fingerprint density at radius 1 is 1.38 bits per heavy atom. The molecule has 0 saturated heterocycles. The van der Waals surface area contributed by atoms with Gasteiger partial charge in [-0.25, -0.2) is 0 Å². The number of aryl methyl sites for hydroxylation is 2. The maximum atomic E-state index is 12.5.